The van der Waals surface area contributed by atoms with Gasteiger partial charge in [0.25, 0.3) is 0 Å². The molecule has 0 aromatic carbocycles. The number of hydrogen-bond donors (Lipinski definition) is 2. The van der Waals surface area contributed by atoms with Crippen molar-refractivity contribution >= 4 is 12.0 Å². The first-order valence-electron chi connectivity index (χ1n) is 7.98. The van der Waals surface area contributed by atoms with Crippen molar-refractivity contribution in [1.29, 1.82) is 0 Å². The maximum Gasteiger partial charge on any atom is 0.317 e. The van der Waals surface area contributed by atoms with Gasteiger partial charge >= 0.3 is 12.0 Å². The topological polar surface area (TPSA) is 69.6 Å². The van der Waals surface area contributed by atoms with Gasteiger partial charge in [-0.3, -0.25) is 4.79 Å². The summed E-state index contributed by atoms with van der Waals surface area (Å²) >= 11 is 0. The molecule has 0 saturated carbocycles. The van der Waals surface area contributed by atoms with E-state index in [2.05, 4.69) is 17.5 Å². The summed E-state index contributed by atoms with van der Waals surface area (Å²) in [5, 5.41) is 12.0. The lowest BCUT2D eigenvalue weighted by Crippen LogP contribution is -2.49. The molecule has 5 nitrogen and oxygen atoms in total. The zero-order valence-corrected chi connectivity index (χ0v) is 12.8. The van der Waals surface area contributed by atoms with Crippen LogP contribution in [0.15, 0.2) is 12.2 Å². The van der Waals surface area contributed by atoms with Gasteiger partial charge in [0.05, 0.1) is 0 Å². The fourth-order valence-electron chi connectivity index (χ4n) is 3.29. The Balaban J connectivity index is 1.83. The Morgan fingerprint density at radius 1 is 1.38 bits per heavy atom. The van der Waals surface area contributed by atoms with Gasteiger partial charge in [0.1, 0.15) is 0 Å². The van der Waals surface area contributed by atoms with Gasteiger partial charge < -0.3 is 15.3 Å². The lowest BCUT2D eigenvalue weighted by atomic mass is 9.85. The molecule has 1 fully saturated rings. The zero-order valence-electron chi connectivity index (χ0n) is 12.8. The first-order chi connectivity index (χ1) is 10.1. The molecule has 118 valence electrons. The molecule has 1 heterocycles. The van der Waals surface area contributed by atoms with Crippen LogP contribution in [0.3, 0.4) is 0 Å². The molecule has 2 aliphatic rings. The molecule has 21 heavy (non-hydrogen) atoms. The van der Waals surface area contributed by atoms with Crippen molar-refractivity contribution in [1.82, 2.24) is 10.2 Å². The molecule has 3 unspecified atom stereocenters. The van der Waals surface area contributed by atoms with Crippen LogP contribution in [0.2, 0.25) is 0 Å². The number of rotatable bonds is 4. The van der Waals surface area contributed by atoms with E-state index >= 15 is 0 Å². The monoisotopic (exact) mass is 294 g/mol. The molecule has 1 aliphatic carbocycles. The molecule has 1 saturated heterocycles. The van der Waals surface area contributed by atoms with Crippen molar-refractivity contribution in [2.45, 2.75) is 51.5 Å². The first-order valence-corrected chi connectivity index (χ1v) is 7.98. The Bertz CT molecular complexity index is 408. The zero-order chi connectivity index (χ0) is 15.2. The van der Waals surface area contributed by atoms with Crippen LogP contribution in [-0.2, 0) is 4.79 Å². The van der Waals surface area contributed by atoms with E-state index in [-0.39, 0.29) is 24.4 Å². The van der Waals surface area contributed by atoms with E-state index < -0.39 is 5.97 Å². The number of urea groups is 1. The number of aliphatic carboxylic acids is 1. The Morgan fingerprint density at radius 2 is 2.19 bits per heavy atom. The van der Waals surface area contributed by atoms with Crippen LogP contribution in [0.1, 0.15) is 45.4 Å². The number of likely N-dealkylation sites (tertiary alicyclic amines) is 1. The van der Waals surface area contributed by atoms with Gasteiger partial charge in [-0.15, -0.1) is 0 Å². The minimum absolute atomic E-state index is 0.0162. The second kappa shape index (κ2) is 7.48. The number of hydrogen-bond acceptors (Lipinski definition) is 2. The Labute approximate surface area is 126 Å². The Hall–Kier alpha value is -1.52. The van der Waals surface area contributed by atoms with Crippen LogP contribution >= 0.6 is 0 Å². The molecule has 3 atom stereocenters. The largest absolute Gasteiger partial charge is 0.481 e. The number of amides is 2. The summed E-state index contributed by atoms with van der Waals surface area (Å²) in [6.45, 7) is 3.44. The van der Waals surface area contributed by atoms with Crippen molar-refractivity contribution < 1.29 is 14.7 Å². The van der Waals surface area contributed by atoms with Crippen molar-refractivity contribution in [2.75, 3.05) is 13.1 Å². The number of carboxylic acid groups (broad SMARTS) is 1. The number of carbonyl (C=O) groups is 2. The third-order valence-corrected chi connectivity index (χ3v) is 4.64. The normalized spacial score (nSPS) is 27.2. The van der Waals surface area contributed by atoms with Gasteiger partial charge in [-0.1, -0.05) is 19.1 Å². The standard InChI is InChI=1S/C16H26N2O3/c1-12(10-15(19)20)13-6-5-9-18(11-13)16(21)17-14-7-3-2-4-8-14/h2-3,12-14H,4-11H2,1H3,(H,17,21)(H,19,20). The van der Waals surface area contributed by atoms with E-state index in [4.69, 9.17) is 5.11 Å². The minimum atomic E-state index is -0.752. The molecule has 1 aliphatic heterocycles. The summed E-state index contributed by atoms with van der Waals surface area (Å²) in [4.78, 5) is 25.0. The average molecular weight is 294 g/mol. The van der Waals surface area contributed by atoms with Gasteiger partial charge in [0, 0.05) is 25.6 Å². The van der Waals surface area contributed by atoms with Gasteiger partial charge in [0.15, 0.2) is 0 Å². The highest BCUT2D eigenvalue weighted by molar-refractivity contribution is 5.74. The lowest BCUT2D eigenvalue weighted by Gasteiger charge is -2.36. The average Bonchev–Trinajstić information content (AvgIpc) is 2.47. The fourth-order valence-corrected chi connectivity index (χ4v) is 3.29. The summed E-state index contributed by atoms with van der Waals surface area (Å²) < 4.78 is 0. The van der Waals surface area contributed by atoms with Crippen molar-refractivity contribution in [3.63, 3.8) is 0 Å². The lowest BCUT2D eigenvalue weighted by molar-refractivity contribution is -0.138. The van der Waals surface area contributed by atoms with Crippen LogP contribution in [0.5, 0.6) is 0 Å². The van der Waals surface area contributed by atoms with Gasteiger partial charge in [-0.25, -0.2) is 4.79 Å². The smallest absolute Gasteiger partial charge is 0.317 e. The molecule has 2 rings (SSSR count). The number of carbonyl (C=O) groups excluding carboxylic acids is 1. The maximum atomic E-state index is 12.3. The van der Waals surface area contributed by atoms with E-state index in [0.717, 1.165) is 38.6 Å². The first kappa shape index (κ1) is 15.9. The van der Waals surface area contributed by atoms with Crippen LogP contribution in [-0.4, -0.2) is 41.1 Å². The molecule has 0 spiro atoms. The Morgan fingerprint density at radius 3 is 2.86 bits per heavy atom. The molecule has 0 radical (unpaired) electrons. The van der Waals surface area contributed by atoms with Gasteiger partial charge in [-0.2, -0.15) is 0 Å². The molecule has 5 heteroatoms. The maximum absolute atomic E-state index is 12.3. The van der Waals surface area contributed by atoms with Crippen molar-refractivity contribution in [3.05, 3.63) is 12.2 Å². The summed E-state index contributed by atoms with van der Waals surface area (Å²) in [7, 11) is 0. The quantitative estimate of drug-likeness (QED) is 0.783. The third kappa shape index (κ3) is 4.76. The predicted molar refractivity (Wildman–Crippen MR) is 81.0 cm³/mol. The number of nitrogens with one attached hydrogen (secondary N) is 1. The van der Waals surface area contributed by atoms with Crippen LogP contribution in [0.4, 0.5) is 4.79 Å². The summed E-state index contributed by atoms with van der Waals surface area (Å²) in [6, 6.07) is 0.266. The van der Waals surface area contributed by atoms with Crippen molar-refractivity contribution in [2.24, 2.45) is 11.8 Å². The van der Waals surface area contributed by atoms with Gasteiger partial charge in [0.2, 0.25) is 0 Å². The number of allylic oxidation sites excluding steroid dienone is 1. The minimum Gasteiger partial charge on any atom is -0.481 e. The summed E-state index contributed by atoms with van der Waals surface area (Å²) in [5.41, 5.74) is 0. The SMILES string of the molecule is CC(CC(=O)O)C1CCCN(C(=O)NC2CC=CCC2)C1. The number of carboxylic acids is 1. The van der Waals surface area contributed by atoms with E-state index in [0.29, 0.717) is 12.5 Å². The van der Waals surface area contributed by atoms with Crippen LogP contribution < -0.4 is 5.32 Å². The van der Waals surface area contributed by atoms with Crippen LogP contribution in [0, 0.1) is 11.8 Å². The predicted octanol–water partition coefficient (Wildman–Crippen LogP) is 2.63. The van der Waals surface area contributed by atoms with Gasteiger partial charge in [-0.05, 0) is 43.9 Å². The van der Waals surface area contributed by atoms with E-state index in [1.54, 1.807) is 0 Å². The molecule has 2 amide bonds. The summed E-state index contributed by atoms with van der Waals surface area (Å²) in [6.07, 6.45) is 9.41. The molecule has 0 aromatic heterocycles. The second-order valence-electron chi connectivity index (χ2n) is 6.35. The highest BCUT2D eigenvalue weighted by Crippen LogP contribution is 2.26. The molecular weight excluding hydrogens is 268 g/mol. The molecule has 0 aromatic rings. The Kier molecular flexibility index (Phi) is 5.65. The second-order valence-corrected chi connectivity index (χ2v) is 6.35. The third-order valence-electron chi connectivity index (χ3n) is 4.64. The van der Waals surface area contributed by atoms with E-state index in [1.165, 1.54) is 0 Å². The highest BCUT2D eigenvalue weighted by atomic mass is 16.4. The molecular formula is C16H26N2O3. The fraction of sp³-hybridized carbons (Fsp3) is 0.750. The van der Waals surface area contributed by atoms with E-state index in [9.17, 15) is 9.59 Å². The van der Waals surface area contributed by atoms with E-state index in [1.807, 2.05) is 11.8 Å². The highest BCUT2D eigenvalue weighted by Gasteiger charge is 2.29. The molecule has 2 N–H and O–H groups in total. The molecule has 0 bridgehead atoms. The van der Waals surface area contributed by atoms with Crippen molar-refractivity contribution in [3.8, 4) is 0 Å². The number of nitrogens with zero attached hydrogens (tertiary/aromatic N) is 1. The number of piperidine rings is 1. The summed E-state index contributed by atoms with van der Waals surface area (Å²) in [5.74, 6) is -0.333. The van der Waals surface area contributed by atoms with Crippen LogP contribution in [0.25, 0.3) is 0 Å².